The molecule has 76 valence electrons. The van der Waals surface area contributed by atoms with E-state index in [1.54, 1.807) is 0 Å². The zero-order valence-corrected chi connectivity index (χ0v) is 11.6. The fourth-order valence-electron chi connectivity index (χ4n) is 0.999. The molecule has 1 rings (SSSR count). The van der Waals surface area contributed by atoms with Crippen molar-refractivity contribution in [2.24, 2.45) is 0 Å². The Labute approximate surface area is 104 Å². The van der Waals surface area contributed by atoms with Gasteiger partial charge >= 0.3 is 0 Å². The average Bonchev–Trinajstić information content (AvgIpc) is 2.26. The first-order valence-electron chi connectivity index (χ1n) is 4.12. The van der Waals surface area contributed by atoms with E-state index in [0.29, 0.717) is 5.75 Å². The molecule has 1 aromatic rings. The minimum Gasteiger partial charge on any atom is -0.289 e. The topological polar surface area (TPSA) is 17.1 Å². The molecule has 0 aliphatic carbocycles. The molecule has 14 heavy (non-hydrogen) atoms. The van der Waals surface area contributed by atoms with Crippen molar-refractivity contribution in [3.8, 4) is 0 Å². The van der Waals surface area contributed by atoms with Gasteiger partial charge in [-0.05, 0) is 31.9 Å². The molecule has 0 fully saturated rings. The van der Waals surface area contributed by atoms with Gasteiger partial charge in [-0.25, -0.2) is 0 Å². The number of ketones is 1. The van der Waals surface area contributed by atoms with Crippen LogP contribution in [0.1, 0.15) is 10.4 Å². The predicted octanol–water partition coefficient (Wildman–Crippen LogP) is 3.19. The number of hydrogen-bond donors (Lipinski definition) is 0. The van der Waals surface area contributed by atoms with Crippen LogP contribution in [-0.4, -0.2) is 20.9 Å². The van der Waals surface area contributed by atoms with Crippen molar-refractivity contribution in [1.29, 1.82) is 0 Å². The molecule has 0 N–H and O–H groups in total. The maximum absolute atomic E-state index is 11.7. The monoisotopic (exact) mass is 337 g/mol. The van der Waals surface area contributed by atoms with Crippen LogP contribution >= 0.6 is 31.9 Å². The first kappa shape index (κ1) is 12.3. The van der Waals surface area contributed by atoms with Crippen LogP contribution in [0.3, 0.4) is 0 Å². The molecule has 0 aliphatic heterocycles. The Morgan fingerprint density at radius 3 is 2.21 bits per heavy atom. The second-order valence-corrected chi connectivity index (χ2v) is 7.46. The summed E-state index contributed by atoms with van der Waals surface area (Å²) in [4.78, 5) is 11.7. The lowest BCUT2D eigenvalue weighted by molar-refractivity contribution is 0.102. The van der Waals surface area contributed by atoms with Crippen molar-refractivity contribution < 1.29 is 4.79 Å². The van der Waals surface area contributed by atoms with Crippen LogP contribution in [0.15, 0.2) is 30.3 Å². The van der Waals surface area contributed by atoms with E-state index < -0.39 is 0 Å². The smallest absolute Gasteiger partial charge is 0.211 e. The third-order valence-corrected chi connectivity index (χ3v) is 6.91. The first-order chi connectivity index (χ1) is 6.77. The SMILES string of the molecule is O=C(C[S+](CBr)CBr)c1ccccc1. The summed E-state index contributed by atoms with van der Waals surface area (Å²) in [6.45, 7) is 0. The second-order valence-electron chi connectivity index (χ2n) is 2.76. The zero-order valence-electron chi connectivity index (χ0n) is 7.58. The number of alkyl halides is 2. The van der Waals surface area contributed by atoms with Gasteiger partial charge in [-0.2, -0.15) is 0 Å². The maximum atomic E-state index is 11.7. The van der Waals surface area contributed by atoms with Crippen LogP contribution in [-0.2, 0) is 10.9 Å². The molecule has 0 radical (unpaired) electrons. The fourth-order valence-corrected chi connectivity index (χ4v) is 4.99. The molecule has 0 saturated carbocycles. The summed E-state index contributed by atoms with van der Waals surface area (Å²) in [5.74, 6) is 0.855. The van der Waals surface area contributed by atoms with E-state index in [2.05, 4.69) is 31.9 Å². The Balaban J connectivity index is 2.59. The number of halogens is 2. The normalized spacial score (nSPS) is 10.5. The van der Waals surface area contributed by atoms with Gasteiger partial charge in [0.25, 0.3) is 0 Å². The molecular formula is C10H11Br2OS+. The molecule has 0 bridgehead atoms. The summed E-state index contributed by atoms with van der Waals surface area (Å²) in [6.07, 6.45) is 0. The third-order valence-electron chi connectivity index (χ3n) is 1.74. The highest BCUT2D eigenvalue weighted by atomic mass is 79.9. The van der Waals surface area contributed by atoms with Crippen molar-refractivity contribution >= 4 is 48.5 Å². The van der Waals surface area contributed by atoms with Gasteiger partial charge in [-0.15, -0.1) is 0 Å². The number of hydrogen-bond acceptors (Lipinski definition) is 1. The second kappa shape index (κ2) is 6.64. The minimum atomic E-state index is 0.115. The van der Waals surface area contributed by atoms with Crippen LogP contribution in [0.4, 0.5) is 0 Å². The van der Waals surface area contributed by atoms with Crippen molar-refractivity contribution in [3.05, 3.63) is 35.9 Å². The number of rotatable bonds is 5. The highest BCUT2D eigenvalue weighted by Crippen LogP contribution is 2.09. The largest absolute Gasteiger partial charge is 0.289 e. The van der Waals surface area contributed by atoms with E-state index in [1.165, 1.54) is 0 Å². The van der Waals surface area contributed by atoms with Crippen molar-refractivity contribution in [2.45, 2.75) is 0 Å². The summed E-state index contributed by atoms with van der Waals surface area (Å²) < 4.78 is 1.77. The maximum Gasteiger partial charge on any atom is 0.211 e. The van der Waals surface area contributed by atoms with E-state index in [-0.39, 0.29) is 16.7 Å². The Bertz CT molecular complexity index is 285. The summed E-state index contributed by atoms with van der Waals surface area (Å²) in [7, 11) is 0.115. The van der Waals surface area contributed by atoms with Crippen molar-refractivity contribution in [1.82, 2.24) is 0 Å². The van der Waals surface area contributed by atoms with Crippen molar-refractivity contribution in [3.63, 3.8) is 0 Å². The number of carbonyl (C=O) groups is 1. The van der Waals surface area contributed by atoms with Gasteiger partial charge in [0.2, 0.25) is 5.78 Å². The average molecular weight is 339 g/mol. The highest BCUT2D eigenvalue weighted by Gasteiger charge is 2.20. The van der Waals surface area contributed by atoms with Gasteiger partial charge in [0.1, 0.15) is 0 Å². The molecule has 1 nitrogen and oxygen atoms in total. The Hall–Kier alpha value is 0.200. The van der Waals surface area contributed by atoms with Crippen LogP contribution in [0.2, 0.25) is 0 Å². The molecule has 0 spiro atoms. The van der Waals surface area contributed by atoms with Crippen LogP contribution in [0.25, 0.3) is 0 Å². The number of benzene rings is 1. The number of Topliss-reactive ketones (excluding diaryl/α,β-unsaturated/α-hetero) is 1. The van der Waals surface area contributed by atoms with Crippen molar-refractivity contribution in [2.75, 3.05) is 15.1 Å². The van der Waals surface area contributed by atoms with Crippen LogP contribution in [0.5, 0.6) is 0 Å². The lowest BCUT2D eigenvalue weighted by atomic mass is 10.2. The standard InChI is InChI=1S/C10H11Br2OS/c11-7-14(8-12)6-10(13)9-4-2-1-3-5-9/h1-5H,6-8H2/q+1. The van der Waals surface area contributed by atoms with E-state index in [9.17, 15) is 4.79 Å². The Morgan fingerprint density at radius 1 is 1.14 bits per heavy atom. The molecule has 0 amide bonds. The Morgan fingerprint density at radius 2 is 1.71 bits per heavy atom. The molecule has 0 unspecified atom stereocenters. The Kier molecular flexibility index (Phi) is 5.82. The van der Waals surface area contributed by atoms with E-state index >= 15 is 0 Å². The predicted molar refractivity (Wildman–Crippen MR) is 70.6 cm³/mol. The summed E-state index contributed by atoms with van der Waals surface area (Å²) in [5.41, 5.74) is 0.812. The van der Waals surface area contributed by atoms with E-state index in [0.717, 1.165) is 14.9 Å². The van der Waals surface area contributed by atoms with E-state index in [1.807, 2.05) is 30.3 Å². The molecule has 1 aromatic carbocycles. The van der Waals surface area contributed by atoms with Gasteiger partial charge in [-0.1, -0.05) is 30.3 Å². The first-order valence-corrected chi connectivity index (χ1v) is 8.09. The van der Waals surface area contributed by atoms with Gasteiger partial charge in [0.05, 0.1) is 0 Å². The van der Waals surface area contributed by atoms with Gasteiger partial charge in [-0.3, -0.25) is 4.79 Å². The highest BCUT2D eigenvalue weighted by molar-refractivity contribution is 9.12. The molecule has 0 aliphatic rings. The zero-order chi connectivity index (χ0) is 10.4. The van der Waals surface area contributed by atoms with Crippen LogP contribution in [0, 0.1) is 0 Å². The molecule has 0 heterocycles. The molecular weight excluding hydrogens is 328 g/mol. The van der Waals surface area contributed by atoms with Crippen LogP contribution < -0.4 is 0 Å². The van der Waals surface area contributed by atoms with Gasteiger partial charge in [0, 0.05) is 16.5 Å². The molecule has 0 saturated heterocycles. The van der Waals surface area contributed by atoms with E-state index in [4.69, 9.17) is 0 Å². The fraction of sp³-hybridized carbons (Fsp3) is 0.300. The number of carbonyl (C=O) groups excluding carboxylic acids is 1. The lowest BCUT2D eigenvalue weighted by Gasteiger charge is -2.01. The van der Waals surface area contributed by atoms with Gasteiger partial charge < -0.3 is 0 Å². The molecule has 0 aromatic heterocycles. The quantitative estimate of drug-likeness (QED) is 0.458. The van der Waals surface area contributed by atoms with Gasteiger partial charge in [0.15, 0.2) is 15.1 Å². The summed E-state index contributed by atoms with van der Waals surface area (Å²) in [6, 6.07) is 9.45. The molecule has 0 atom stereocenters. The summed E-state index contributed by atoms with van der Waals surface area (Å²) in [5, 5.41) is 0. The summed E-state index contributed by atoms with van der Waals surface area (Å²) >= 11 is 6.81. The minimum absolute atomic E-state index is 0.115. The molecule has 4 heteroatoms. The lowest BCUT2D eigenvalue weighted by Crippen LogP contribution is -2.18. The third kappa shape index (κ3) is 3.75.